The second-order valence-electron chi connectivity index (χ2n) is 5.70. The van der Waals surface area contributed by atoms with Crippen molar-refractivity contribution in [3.05, 3.63) is 17.5 Å². The quantitative estimate of drug-likeness (QED) is 0.695. The van der Waals surface area contributed by atoms with E-state index < -0.39 is 0 Å². The van der Waals surface area contributed by atoms with Gasteiger partial charge in [0.2, 0.25) is 0 Å². The zero-order valence-electron chi connectivity index (χ0n) is 10.0. The van der Waals surface area contributed by atoms with E-state index in [1.807, 2.05) is 0 Å². The molecule has 0 atom stereocenters. The molecule has 0 N–H and O–H groups in total. The summed E-state index contributed by atoms with van der Waals surface area (Å²) in [5.41, 5.74) is 1.19. The van der Waals surface area contributed by atoms with Crippen molar-refractivity contribution in [3.8, 4) is 0 Å². The topological polar surface area (TPSA) is 26.0 Å². The Labute approximate surface area is 92.0 Å². The fourth-order valence-electron chi connectivity index (χ4n) is 2.22. The summed E-state index contributed by atoms with van der Waals surface area (Å²) < 4.78 is 5.48. The van der Waals surface area contributed by atoms with E-state index in [1.54, 1.807) is 0 Å². The third-order valence-corrected chi connectivity index (χ3v) is 3.30. The molecule has 1 aliphatic carbocycles. The molecule has 0 aromatic carbocycles. The average molecular weight is 207 g/mol. The first-order chi connectivity index (χ1) is 7.07. The molecule has 0 bridgehead atoms. The predicted octanol–water partition coefficient (Wildman–Crippen LogP) is 4.02. The molecule has 2 nitrogen and oxygen atoms in total. The zero-order valence-corrected chi connectivity index (χ0v) is 10.0. The van der Waals surface area contributed by atoms with Crippen molar-refractivity contribution in [1.29, 1.82) is 0 Å². The Morgan fingerprint density at radius 3 is 2.40 bits per heavy atom. The van der Waals surface area contributed by atoms with Crippen LogP contribution in [-0.4, -0.2) is 5.16 Å². The maximum absolute atomic E-state index is 5.48. The van der Waals surface area contributed by atoms with E-state index in [0.717, 1.165) is 11.5 Å². The minimum absolute atomic E-state index is 0.108. The van der Waals surface area contributed by atoms with Gasteiger partial charge in [-0.3, -0.25) is 0 Å². The van der Waals surface area contributed by atoms with Crippen molar-refractivity contribution in [1.82, 2.24) is 5.16 Å². The molecule has 1 aromatic rings. The molecule has 0 unspecified atom stereocenters. The Morgan fingerprint density at radius 2 is 1.87 bits per heavy atom. The third kappa shape index (κ3) is 2.42. The van der Waals surface area contributed by atoms with Gasteiger partial charge in [0.1, 0.15) is 5.76 Å². The summed E-state index contributed by atoms with van der Waals surface area (Å²) in [6.45, 7) is 6.53. The maximum atomic E-state index is 5.48. The summed E-state index contributed by atoms with van der Waals surface area (Å²) in [6, 6.07) is 2.16. The Bertz CT molecular complexity index is 316. The van der Waals surface area contributed by atoms with Crippen molar-refractivity contribution in [2.75, 3.05) is 0 Å². The summed E-state index contributed by atoms with van der Waals surface area (Å²) in [4.78, 5) is 0. The lowest BCUT2D eigenvalue weighted by Crippen LogP contribution is -2.11. The summed E-state index contributed by atoms with van der Waals surface area (Å²) in [6.07, 6.45) is 6.63. The number of nitrogens with zero attached hydrogens (tertiary/aromatic N) is 1. The summed E-state index contributed by atoms with van der Waals surface area (Å²) in [5.74, 6) is 1.74. The fourth-order valence-corrected chi connectivity index (χ4v) is 2.22. The van der Waals surface area contributed by atoms with Crippen LogP contribution in [0.5, 0.6) is 0 Å². The highest BCUT2D eigenvalue weighted by atomic mass is 16.5. The van der Waals surface area contributed by atoms with E-state index in [2.05, 4.69) is 32.0 Å². The molecule has 15 heavy (non-hydrogen) atoms. The monoisotopic (exact) mass is 207 g/mol. The summed E-state index contributed by atoms with van der Waals surface area (Å²) >= 11 is 0. The van der Waals surface area contributed by atoms with Crippen molar-refractivity contribution >= 4 is 0 Å². The van der Waals surface area contributed by atoms with Crippen LogP contribution in [0.1, 0.15) is 70.2 Å². The van der Waals surface area contributed by atoms with E-state index in [0.29, 0.717) is 5.92 Å². The lowest BCUT2D eigenvalue weighted by Gasteiger charge is -2.18. The predicted molar refractivity (Wildman–Crippen MR) is 61.0 cm³/mol. The fraction of sp³-hybridized carbons (Fsp3) is 0.769. The summed E-state index contributed by atoms with van der Waals surface area (Å²) in [5, 5.41) is 4.19. The third-order valence-electron chi connectivity index (χ3n) is 3.30. The van der Waals surface area contributed by atoms with Gasteiger partial charge in [-0.15, -0.1) is 0 Å². The van der Waals surface area contributed by atoms with E-state index in [4.69, 9.17) is 4.52 Å². The van der Waals surface area contributed by atoms with E-state index in [9.17, 15) is 0 Å². The Kier molecular flexibility index (Phi) is 2.85. The lowest BCUT2D eigenvalue weighted by molar-refractivity contribution is 0.314. The molecule has 0 amide bonds. The van der Waals surface area contributed by atoms with Gasteiger partial charge in [0, 0.05) is 17.4 Å². The molecule has 1 saturated carbocycles. The van der Waals surface area contributed by atoms with Crippen LogP contribution in [-0.2, 0) is 5.41 Å². The van der Waals surface area contributed by atoms with Crippen LogP contribution in [0.3, 0.4) is 0 Å². The molecule has 0 spiro atoms. The van der Waals surface area contributed by atoms with Gasteiger partial charge in [-0.1, -0.05) is 45.2 Å². The molecule has 1 fully saturated rings. The van der Waals surface area contributed by atoms with Gasteiger partial charge in [0.25, 0.3) is 0 Å². The van der Waals surface area contributed by atoms with E-state index in [-0.39, 0.29) is 5.41 Å². The molecule has 0 saturated heterocycles. The van der Waals surface area contributed by atoms with Gasteiger partial charge in [-0.05, 0) is 12.8 Å². The lowest BCUT2D eigenvalue weighted by atomic mass is 9.86. The van der Waals surface area contributed by atoms with Crippen LogP contribution in [0, 0.1) is 0 Å². The van der Waals surface area contributed by atoms with Gasteiger partial charge in [0.15, 0.2) is 0 Å². The van der Waals surface area contributed by atoms with Crippen LogP contribution in [0.2, 0.25) is 0 Å². The molecule has 0 radical (unpaired) electrons. The van der Waals surface area contributed by atoms with Gasteiger partial charge < -0.3 is 4.52 Å². The molecule has 2 rings (SSSR count). The maximum Gasteiger partial charge on any atom is 0.140 e. The Morgan fingerprint density at radius 1 is 1.20 bits per heavy atom. The molecular formula is C13H21NO. The first-order valence-electron chi connectivity index (χ1n) is 6.04. The number of hydrogen-bond donors (Lipinski definition) is 0. The highest BCUT2D eigenvalue weighted by molar-refractivity contribution is 5.16. The van der Waals surface area contributed by atoms with Crippen LogP contribution in [0.4, 0.5) is 0 Å². The minimum Gasteiger partial charge on any atom is -0.361 e. The van der Waals surface area contributed by atoms with Crippen LogP contribution in [0.25, 0.3) is 0 Å². The van der Waals surface area contributed by atoms with Crippen molar-refractivity contribution in [2.24, 2.45) is 0 Å². The highest BCUT2D eigenvalue weighted by Gasteiger charge is 2.23. The Hall–Kier alpha value is -0.790. The highest BCUT2D eigenvalue weighted by Crippen LogP contribution is 2.34. The Balaban J connectivity index is 2.12. The number of rotatable bonds is 1. The van der Waals surface area contributed by atoms with Crippen molar-refractivity contribution in [2.45, 2.75) is 64.2 Å². The summed E-state index contributed by atoms with van der Waals surface area (Å²) in [7, 11) is 0. The number of aromatic nitrogens is 1. The molecule has 2 heteroatoms. The molecule has 0 aliphatic heterocycles. The van der Waals surface area contributed by atoms with Gasteiger partial charge in [0.05, 0.1) is 5.69 Å². The molecule has 84 valence electrons. The standard InChI is InChI=1S/C13H21NO/c1-13(2,3)12-9-11(15-14-12)10-7-5-4-6-8-10/h9-10H,4-8H2,1-3H3. The number of hydrogen-bond acceptors (Lipinski definition) is 2. The van der Waals surface area contributed by atoms with E-state index >= 15 is 0 Å². The molecule has 1 aromatic heterocycles. The van der Waals surface area contributed by atoms with Gasteiger partial charge >= 0.3 is 0 Å². The van der Waals surface area contributed by atoms with Crippen LogP contribution >= 0.6 is 0 Å². The van der Waals surface area contributed by atoms with Crippen molar-refractivity contribution in [3.63, 3.8) is 0 Å². The molecular weight excluding hydrogens is 186 g/mol. The van der Waals surface area contributed by atoms with E-state index in [1.165, 1.54) is 32.1 Å². The second kappa shape index (κ2) is 3.99. The second-order valence-corrected chi connectivity index (χ2v) is 5.70. The normalized spacial score (nSPS) is 19.4. The first-order valence-corrected chi connectivity index (χ1v) is 6.04. The van der Waals surface area contributed by atoms with Crippen LogP contribution < -0.4 is 0 Å². The minimum atomic E-state index is 0.108. The zero-order chi connectivity index (χ0) is 10.9. The van der Waals surface area contributed by atoms with Crippen LogP contribution in [0.15, 0.2) is 10.6 Å². The average Bonchev–Trinajstić information content (AvgIpc) is 2.67. The van der Waals surface area contributed by atoms with Crippen molar-refractivity contribution < 1.29 is 4.52 Å². The molecule has 1 heterocycles. The van der Waals surface area contributed by atoms with Gasteiger partial charge in [-0.2, -0.15) is 0 Å². The van der Waals surface area contributed by atoms with Gasteiger partial charge in [-0.25, -0.2) is 0 Å². The largest absolute Gasteiger partial charge is 0.361 e. The smallest absolute Gasteiger partial charge is 0.140 e. The SMILES string of the molecule is CC(C)(C)c1cc(C2CCCCC2)on1. The molecule has 1 aliphatic rings. The first kappa shape index (κ1) is 10.7.